The van der Waals surface area contributed by atoms with Gasteiger partial charge in [-0.3, -0.25) is 0 Å². The van der Waals surface area contributed by atoms with Crippen LogP contribution in [0.4, 0.5) is 5.82 Å². The van der Waals surface area contributed by atoms with Crippen molar-refractivity contribution >= 4 is 21.7 Å². The number of aromatic nitrogens is 2. The van der Waals surface area contributed by atoms with Crippen molar-refractivity contribution in [3.8, 4) is 22.6 Å². The van der Waals surface area contributed by atoms with Crippen LogP contribution >= 0.6 is 15.9 Å². The maximum Gasteiger partial charge on any atom is 0.162 e. The lowest BCUT2D eigenvalue weighted by Gasteiger charge is -2.28. The van der Waals surface area contributed by atoms with Crippen LogP contribution in [0.25, 0.3) is 22.6 Å². The van der Waals surface area contributed by atoms with E-state index in [9.17, 15) is 0 Å². The Labute approximate surface area is 155 Å². The number of benzene rings is 2. The Morgan fingerprint density at radius 1 is 0.840 bits per heavy atom. The molecule has 0 radical (unpaired) electrons. The van der Waals surface area contributed by atoms with Gasteiger partial charge in [0, 0.05) is 34.8 Å². The van der Waals surface area contributed by atoms with Gasteiger partial charge < -0.3 is 9.64 Å². The largest absolute Gasteiger partial charge is 0.378 e. The number of rotatable bonds is 3. The molecule has 0 amide bonds. The van der Waals surface area contributed by atoms with E-state index in [0.717, 1.165) is 59.2 Å². The maximum absolute atomic E-state index is 5.47. The smallest absolute Gasteiger partial charge is 0.162 e. The maximum atomic E-state index is 5.47. The van der Waals surface area contributed by atoms with Crippen molar-refractivity contribution in [2.75, 3.05) is 31.2 Å². The highest BCUT2D eigenvalue weighted by Crippen LogP contribution is 2.27. The molecule has 25 heavy (non-hydrogen) atoms. The molecule has 0 aliphatic carbocycles. The van der Waals surface area contributed by atoms with Gasteiger partial charge in [0.05, 0.1) is 18.9 Å². The molecule has 4 nitrogen and oxygen atoms in total. The summed E-state index contributed by atoms with van der Waals surface area (Å²) in [7, 11) is 0. The first kappa shape index (κ1) is 16.2. The molecule has 1 aliphatic heterocycles. The summed E-state index contributed by atoms with van der Waals surface area (Å²) in [4.78, 5) is 11.9. The molecule has 0 bridgehead atoms. The molecule has 0 atom stereocenters. The lowest BCUT2D eigenvalue weighted by atomic mass is 10.1. The second-order valence-electron chi connectivity index (χ2n) is 5.91. The molecule has 0 unspecified atom stereocenters. The molecular formula is C20H18BrN3O. The fraction of sp³-hybridized carbons (Fsp3) is 0.200. The number of morpholine rings is 1. The van der Waals surface area contributed by atoms with E-state index >= 15 is 0 Å². The van der Waals surface area contributed by atoms with Crippen molar-refractivity contribution in [1.29, 1.82) is 0 Å². The van der Waals surface area contributed by atoms with Crippen molar-refractivity contribution in [1.82, 2.24) is 9.97 Å². The van der Waals surface area contributed by atoms with Crippen molar-refractivity contribution in [2.24, 2.45) is 0 Å². The SMILES string of the molecule is Brc1ccc(-c2nc(-c3ccccc3)cc(N3CCOCC3)n2)cc1. The second kappa shape index (κ2) is 7.33. The highest BCUT2D eigenvalue weighted by Gasteiger charge is 2.16. The molecule has 2 aromatic carbocycles. The van der Waals surface area contributed by atoms with Crippen LogP contribution in [0.1, 0.15) is 0 Å². The van der Waals surface area contributed by atoms with Crippen molar-refractivity contribution in [2.45, 2.75) is 0 Å². The highest BCUT2D eigenvalue weighted by atomic mass is 79.9. The monoisotopic (exact) mass is 395 g/mol. The zero-order chi connectivity index (χ0) is 17.1. The van der Waals surface area contributed by atoms with Crippen LogP contribution in [0.5, 0.6) is 0 Å². The standard InChI is InChI=1S/C20H18BrN3O/c21-17-8-6-16(7-9-17)20-22-18(15-4-2-1-3-5-15)14-19(23-20)24-10-12-25-13-11-24/h1-9,14H,10-13H2. The number of anilines is 1. The van der Waals surface area contributed by atoms with Crippen LogP contribution in [-0.4, -0.2) is 36.3 Å². The van der Waals surface area contributed by atoms with Gasteiger partial charge in [-0.15, -0.1) is 0 Å². The van der Waals surface area contributed by atoms with Crippen LogP contribution in [0.3, 0.4) is 0 Å². The summed E-state index contributed by atoms with van der Waals surface area (Å²) in [5.41, 5.74) is 3.04. The normalized spacial score (nSPS) is 14.5. The van der Waals surface area contributed by atoms with Crippen molar-refractivity contribution < 1.29 is 4.74 Å². The van der Waals surface area contributed by atoms with E-state index in [0.29, 0.717) is 0 Å². The van der Waals surface area contributed by atoms with Crippen molar-refractivity contribution in [3.63, 3.8) is 0 Å². The first-order chi connectivity index (χ1) is 12.3. The van der Waals surface area contributed by atoms with Gasteiger partial charge in [-0.2, -0.15) is 0 Å². The molecule has 0 N–H and O–H groups in total. The molecule has 1 aliphatic rings. The number of hydrogen-bond acceptors (Lipinski definition) is 4. The third kappa shape index (κ3) is 3.72. The fourth-order valence-corrected chi connectivity index (χ4v) is 3.14. The first-order valence-electron chi connectivity index (χ1n) is 8.33. The van der Waals surface area contributed by atoms with Crippen LogP contribution in [0.2, 0.25) is 0 Å². The minimum atomic E-state index is 0.734. The van der Waals surface area contributed by atoms with Gasteiger partial charge in [0.25, 0.3) is 0 Å². The van der Waals surface area contributed by atoms with E-state index in [1.807, 2.05) is 42.5 Å². The van der Waals surface area contributed by atoms with Gasteiger partial charge in [-0.25, -0.2) is 9.97 Å². The van der Waals surface area contributed by atoms with Gasteiger partial charge in [-0.1, -0.05) is 58.4 Å². The molecular weight excluding hydrogens is 378 g/mol. The highest BCUT2D eigenvalue weighted by molar-refractivity contribution is 9.10. The van der Waals surface area contributed by atoms with E-state index in [-0.39, 0.29) is 0 Å². The van der Waals surface area contributed by atoms with Gasteiger partial charge in [-0.05, 0) is 12.1 Å². The predicted molar refractivity (Wildman–Crippen MR) is 104 cm³/mol. The first-order valence-corrected chi connectivity index (χ1v) is 9.12. The predicted octanol–water partition coefficient (Wildman–Crippen LogP) is 4.41. The summed E-state index contributed by atoms with van der Waals surface area (Å²) in [6.07, 6.45) is 0. The minimum absolute atomic E-state index is 0.734. The Hall–Kier alpha value is -2.24. The minimum Gasteiger partial charge on any atom is -0.378 e. The van der Waals surface area contributed by atoms with Gasteiger partial charge >= 0.3 is 0 Å². The summed E-state index contributed by atoms with van der Waals surface area (Å²) < 4.78 is 6.52. The molecule has 2 heterocycles. The van der Waals surface area contributed by atoms with Crippen LogP contribution in [0.15, 0.2) is 65.1 Å². The number of halogens is 1. The van der Waals surface area contributed by atoms with Gasteiger partial charge in [0.2, 0.25) is 0 Å². The average Bonchev–Trinajstić information content (AvgIpc) is 2.69. The number of hydrogen-bond donors (Lipinski definition) is 0. The van der Waals surface area contributed by atoms with E-state index in [4.69, 9.17) is 14.7 Å². The lowest BCUT2D eigenvalue weighted by molar-refractivity contribution is 0.122. The summed E-state index contributed by atoms with van der Waals surface area (Å²) in [5, 5.41) is 0. The van der Waals surface area contributed by atoms with Crippen molar-refractivity contribution in [3.05, 3.63) is 65.1 Å². The third-order valence-electron chi connectivity index (χ3n) is 4.22. The number of nitrogens with zero attached hydrogens (tertiary/aromatic N) is 3. The van der Waals surface area contributed by atoms with Gasteiger partial charge in [0.15, 0.2) is 5.82 Å². The molecule has 1 aromatic heterocycles. The molecule has 5 heteroatoms. The second-order valence-corrected chi connectivity index (χ2v) is 6.82. The van der Waals surface area contributed by atoms with E-state index in [1.165, 1.54) is 0 Å². The molecule has 4 rings (SSSR count). The average molecular weight is 396 g/mol. The molecule has 0 saturated carbocycles. The zero-order valence-electron chi connectivity index (χ0n) is 13.7. The molecule has 1 fully saturated rings. The molecule has 126 valence electrons. The third-order valence-corrected chi connectivity index (χ3v) is 4.75. The van der Waals surface area contributed by atoms with E-state index in [2.05, 4.69) is 39.0 Å². The van der Waals surface area contributed by atoms with Crippen LogP contribution < -0.4 is 4.90 Å². The Kier molecular flexibility index (Phi) is 4.76. The zero-order valence-corrected chi connectivity index (χ0v) is 15.3. The fourth-order valence-electron chi connectivity index (χ4n) is 2.87. The summed E-state index contributed by atoms with van der Waals surface area (Å²) in [5.74, 6) is 1.70. The van der Waals surface area contributed by atoms with Crippen LogP contribution in [0, 0.1) is 0 Å². The topological polar surface area (TPSA) is 38.2 Å². The van der Waals surface area contributed by atoms with E-state index in [1.54, 1.807) is 0 Å². The van der Waals surface area contributed by atoms with Gasteiger partial charge in [0.1, 0.15) is 5.82 Å². The quantitative estimate of drug-likeness (QED) is 0.658. The Morgan fingerprint density at radius 2 is 1.56 bits per heavy atom. The Balaban J connectivity index is 1.81. The molecule has 3 aromatic rings. The lowest BCUT2D eigenvalue weighted by Crippen LogP contribution is -2.36. The Bertz CT molecular complexity index is 847. The summed E-state index contributed by atoms with van der Waals surface area (Å²) in [6, 6.07) is 20.4. The molecule has 1 saturated heterocycles. The van der Waals surface area contributed by atoms with E-state index < -0.39 is 0 Å². The van der Waals surface area contributed by atoms with Crippen LogP contribution in [-0.2, 0) is 4.74 Å². The molecule has 0 spiro atoms. The summed E-state index contributed by atoms with van der Waals surface area (Å²) in [6.45, 7) is 3.17. The summed E-state index contributed by atoms with van der Waals surface area (Å²) >= 11 is 3.48. The number of ether oxygens (including phenoxy) is 1. The Morgan fingerprint density at radius 3 is 2.28 bits per heavy atom.